The maximum atomic E-state index is 13.9. The SMILES string of the molecule is Cc1cc(-c2cn(-c3ccc(NS(=O)(=O)CCO)cc3N3CCC(F)(F)CC3)nn2)nc(N2CCC(F)(F)CC2)c1. The van der Waals surface area contributed by atoms with Gasteiger partial charge in [-0.2, -0.15) is 0 Å². The first-order chi connectivity index (χ1) is 19.3. The minimum atomic E-state index is -3.81. The van der Waals surface area contributed by atoms with Crippen LogP contribution in [0.3, 0.4) is 0 Å². The lowest BCUT2D eigenvalue weighted by molar-refractivity contribution is -0.0227. The zero-order chi connectivity index (χ0) is 29.4. The molecule has 10 nitrogen and oxygen atoms in total. The number of hydrogen-bond donors (Lipinski definition) is 2. The molecule has 1 aromatic carbocycles. The summed E-state index contributed by atoms with van der Waals surface area (Å²) in [4.78, 5) is 8.22. The standard InChI is InChI=1S/C26H31F4N7O3S/c1-18-14-20(31-24(15-18)36-10-6-26(29,30)7-11-36)21-17-37(34-32-21)22-3-2-19(33-41(39,40)13-12-38)16-23(22)35-8-4-25(27,28)5-9-35/h2-3,14-17,33,38H,4-13H2,1H3. The van der Waals surface area contributed by atoms with Crippen LogP contribution in [-0.4, -0.2) is 83.9 Å². The van der Waals surface area contributed by atoms with Crippen molar-refractivity contribution < 1.29 is 31.1 Å². The monoisotopic (exact) mass is 597 g/mol. The molecule has 0 radical (unpaired) electrons. The molecule has 2 aromatic heterocycles. The van der Waals surface area contributed by atoms with Gasteiger partial charge in [0.05, 0.1) is 41.3 Å². The van der Waals surface area contributed by atoms with Crippen molar-refractivity contribution in [2.24, 2.45) is 0 Å². The molecular formula is C26H31F4N7O3S. The lowest BCUT2D eigenvalue weighted by atomic mass is 10.1. The molecule has 2 fully saturated rings. The maximum Gasteiger partial charge on any atom is 0.251 e. The van der Waals surface area contributed by atoms with Gasteiger partial charge in [-0.3, -0.25) is 4.72 Å². The summed E-state index contributed by atoms with van der Waals surface area (Å²) in [5, 5.41) is 17.6. The van der Waals surface area contributed by atoms with Gasteiger partial charge in [-0.1, -0.05) is 5.21 Å². The number of hydrogen-bond acceptors (Lipinski definition) is 8. The first-order valence-corrected chi connectivity index (χ1v) is 14.9. The summed E-state index contributed by atoms with van der Waals surface area (Å²) in [5.41, 5.74) is 2.97. The molecule has 5 rings (SSSR count). The van der Waals surface area contributed by atoms with Gasteiger partial charge in [0.1, 0.15) is 11.5 Å². The number of rotatable bonds is 8. The van der Waals surface area contributed by atoms with Crippen molar-refractivity contribution in [3.05, 3.63) is 42.1 Å². The van der Waals surface area contributed by atoms with E-state index >= 15 is 0 Å². The van der Waals surface area contributed by atoms with Crippen LogP contribution in [0.25, 0.3) is 17.1 Å². The third-order valence-electron chi connectivity index (χ3n) is 7.22. The Kier molecular flexibility index (Phi) is 7.85. The molecule has 3 aromatic rings. The fourth-order valence-corrected chi connectivity index (χ4v) is 5.79. The highest BCUT2D eigenvalue weighted by atomic mass is 32.2. The number of piperidine rings is 2. The molecule has 15 heteroatoms. The Bertz CT molecular complexity index is 1500. The van der Waals surface area contributed by atoms with Gasteiger partial charge in [0.2, 0.25) is 10.0 Å². The highest BCUT2D eigenvalue weighted by Gasteiger charge is 2.36. The summed E-state index contributed by atoms with van der Waals surface area (Å²) in [5.74, 6) is -5.38. The van der Waals surface area contributed by atoms with Crippen LogP contribution in [0.2, 0.25) is 0 Å². The fourth-order valence-electron chi connectivity index (χ4n) is 4.96. The van der Waals surface area contributed by atoms with Crippen LogP contribution in [0.5, 0.6) is 0 Å². The first-order valence-electron chi connectivity index (χ1n) is 13.3. The van der Waals surface area contributed by atoms with E-state index in [4.69, 9.17) is 5.11 Å². The van der Waals surface area contributed by atoms with Crippen molar-refractivity contribution in [2.45, 2.75) is 44.5 Å². The number of alkyl halides is 4. The molecule has 222 valence electrons. The largest absolute Gasteiger partial charge is 0.395 e. The Morgan fingerprint density at radius 1 is 0.902 bits per heavy atom. The van der Waals surface area contributed by atoms with E-state index in [9.17, 15) is 26.0 Å². The quantitative estimate of drug-likeness (QED) is 0.377. The van der Waals surface area contributed by atoms with Crippen molar-refractivity contribution in [1.29, 1.82) is 0 Å². The molecule has 2 aliphatic heterocycles. The van der Waals surface area contributed by atoms with Gasteiger partial charge in [0.25, 0.3) is 11.8 Å². The van der Waals surface area contributed by atoms with E-state index < -0.39 is 34.2 Å². The third-order valence-corrected chi connectivity index (χ3v) is 8.49. The number of aliphatic hydroxyl groups excluding tert-OH is 1. The Morgan fingerprint density at radius 2 is 1.54 bits per heavy atom. The first kappa shape index (κ1) is 29.0. The number of aromatic nitrogens is 4. The molecule has 4 heterocycles. The molecular weight excluding hydrogens is 566 g/mol. The highest BCUT2D eigenvalue weighted by Crippen LogP contribution is 2.36. The number of aliphatic hydroxyl groups is 1. The van der Waals surface area contributed by atoms with E-state index in [0.717, 1.165) is 5.56 Å². The molecule has 0 unspecified atom stereocenters. The van der Waals surface area contributed by atoms with Gasteiger partial charge in [-0.25, -0.2) is 35.6 Å². The molecule has 41 heavy (non-hydrogen) atoms. The second-order valence-electron chi connectivity index (χ2n) is 10.5. The molecule has 2 saturated heterocycles. The van der Waals surface area contributed by atoms with Gasteiger partial charge in [-0.05, 0) is 42.8 Å². The van der Waals surface area contributed by atoms with Crippen molar-refractivity contribution in [2.75, 3.05) is 53.1 Å². The number of sulfonamides is 1. The van der Waals surface area contributed by atoms with E-state index in [1.165, 1.54) is 10.7 Å². The van der Waals surface area contributed by atoms with Gasteiger partial charge >= 0.3 is 0 Å². The summed E-state index contributed by atoms with van der Waals surface area (Å²) < 4.78 is 83.5. The molecule has 2 N–H and O–H groups in total. The number of aryl methyl sites for hydroxylation is 1. The zero-order valence-electron chi connectivity index (χ0n) is 22.4. The molecule has 0 aliphatic carbocycles. The topological polar surface area (TPSA) is 116 Å². The molecule has 0 spiro atoms. The number of pyridine rings is 1. The normalized spacial score (nSPS) is 18.9. The van der Waals surface area contributed by atoms with Crippen LogP contribution in [0.15, 0.2) is 36.5 Å². The second kappa shape index (κ2) is 11.1. The van der Waals surface area contributed by atoms with Gasteiger partial charge in [0.15, 0.2) is 0 Å². The lowest BCUT2D eigenvalue weighted by Crippen LogP contribution is -2.39. The Hall–Kier alpha value is -3.46. The van der Waals surface area contributed by atoms with Crippen LogP contribution in [0.4, 0.5) is 34.8 Å². The average molecular weight is 598 g/mol. The van der Waals surface area contributed by atoms with E-state index in [2.05, 4.69) is 20.0 Å². The van der Waals surface area contributed by atoms with Crippen molar-refractivity contribution in [3.8, 4) is 17.1 Å². The average Bonchev–Trinajstić information content (AvgIpc) is 3.38. The van der Waals surface area contributed by atoms with Crippen molar-refractivity contribution >= 4 is 27.2 Å². The lowest BCUT2D eigenvalue weighted by Gasteiger charge is -2.34. The predicted octanol–water partition coefficient (Wildman–Crippen LogP) is 3.84. The molecule has 0 amide bonds. The molecule has 0 atom stereocenters. The van der Waals surface area contributed by atoms with Crippen molar-refractivity contribution in [1.82, 2.24) is 20.0 Å². The highest BCUT2D eigenvalue weighted by molar-refractivity contribution is 7.92. The van der Waals surface area contributed by atoms with Gasteiger partial charge in [0, 0.05) is 51.9 Å². The summed E-state index contributed by atoms with van der Waals surface area (Å²) in [7, 11) is -3.81. The van der Waals surface area contributed by atoms with Gasteiger partial charge in [-0.15, -0.1) is 5.10 Å². The van der Waals surface area contributed by atoms with Crippen LogP contribution < -0.4 is 14.5 Å². The number of benzene rings is 1. The second-order valence-corrected chi connectivity index (χ2v) is 12.3. The zero-order valence-corrected chi connectivity index (χ0v) is 23.2. The molecule has 0 bridgehead atoms. The smallest absolute Gasteiger partial charge is 0.251 e. The van der Waals surface area contributed by atoms with E-state index in [1.54, 1.807) is 23.2 Å². The minimum Gasteiger partial charge on any atom is -0.395 e. The van der Waals surface area contributed by atoms with E-state index in [-0.39, 0.29) is 57.5 Å². The number of nitrogens with zero attached hydrogens (tertiary/aromatic N) is 6. The molecule has 2 aliphatic rings. The Balaban J connectivity index is 1.46. The van der Waals surface area contributed by atoms with Crippen LogP contribution in [-0.2, 0) is 10.0 Å². The van der Waals surface area contributed by atoms with E-state index in [1.807, 2.05) is 24.0 Å². The Labute approximate surface area is 235 Å². The molecule has 0 saturated carbocycles. The number of halogens is 4. The van der Waals surface area contributed by atoms with Crippen LogP contribution >= 0.6 is 0 Å². The number of nitrogens with one attached hydrogen (secondary N) is 1. The Morgan fingerprint density at radius 3 is 2.17 bits per heavy atom. The summed E-state index contributed by atoms with van der Waals surface area (Å²) >= 11 is 0. The van der Waals surface area contributed by atoms with Gasteiger partial charge < -0.3 is 14.9 Å². The minimum absolute atomic E-state index is 0.0477. The summed E-state index contributed by atoms with van der Waals surface area (Å²) in [6.45, 7) is 1.78. The van der Waals surface area contributed by atoms with Crippen LogP contribution in [0, 0.1) is 6.92 Å². The summed E-state index contributed by atoms with van der Waals surface area (Å²) in [6.07, 6.45) is 0.432. The summed E-state index contributed by atoms with van der Waals surface area (Å²) in [6, 6.07) is 8.31. The maximum absolute atomic E-state index is 13.9. The fraction of sp³-hybridized carbons (Fsp3) is 0.500. The third kappa shape index (κ3) is 6.89. The van der Waals surface area contributed by atoms with Crippen molar-refractivity contribution in [3.63, 3.8) is 0 Å². The van der Waals surface area contributed by atoms with Crippen LogP contribution in [0.1, 0.15) is 31.2 Å². The number of anilines is 3. The predicted molar refractivity (Wildman–Crippen MR) is 147 cm³/mol. The van der Waals surface area contributed by atoms with E-state index in [0.29, 0.717) is 28.6 Å².